The van der Waals surface area contributed by atoms with Crippen LogP contribution in [0.15, 0.2) is 97.1 Å². The minimum atomic E-state index is -0.205. The normalized spacial score (nSPS) is 9.54. The van der Waals surface area contributed by atoms with Crippen molar-refractivity contribution < 1.29 is 60.2 Å². The number of aromatic nitrogens is 8. The van der Waals surface area contributed by atoms with Gasteiger partial charge in [-0.25, -0.2) is 0 Å². The molecule has 12 heteroatoms. The van der Waals surface area contributed by atoms with Gasteiger partial charge in [-0.15, -0.1) is 20.4 Å². The molecule has 0 spiro atoms. The van der Waals surface area contributed by atoms with Crippen molar-refractivity contribution in [3.63, 3.8) is 0 Å². The van der Waals surface area contributed by atoms with Crippen LogP contribution in [0.5, 0.6) is 11.5 Å². The first-order chi connectivity index (χ1) is 21.8. The Kier molecular flexibility index (Phi) is 19.2. The molecule has 48 heavy (non-hydrogen) atoms. The monoisotopic (exact) mass is 767 g/mol. The summed E-state index contributed by atoms with van der Waals surface area (Å²) < 4.78 is 12.8. The van der Waals surface area contributed by atoms with E-state index in [1.165, 1.54) is 18.3 Å². The molecule has 0 N–H and O–H groups in total. The second-order valence-corrected chi connectivity index (χ2v) is 12.7. The molecule has 0 saturated carbocycles. The van der Waals surface area contributed by atoms with Gasteiger partial charge in [0.05, 0.1) is 7.11 Å². The van der Waals surface area contributed by atoms with Crippen LogP contribution in [0.4, 0.5) is 0 Å². The van der Waals surface area contributed by atoms with E-state index in [-0.39, 0.29) is 65.6 Å². The molecule has 2 aromatic heterocycles. The van der Waals surface area contributed by atoms with Gasteiger partial charge in [0, 0.05) is 5.56 Å². The predicted octanol–water partition coefficient (Wildman–Crippen LogP) is 1.02. The number of ether oxygens (including phenoxy) is 2. The van der Waals surface area contributed by atoms with E-state index in [0.29, 0.717) is 23.3 Å². The average molecular weight is 768 g/mol. The average Bonchev–Trinajstić information content (AvgIpc) is 3.08. The molecule has 0 aliphatic heterocycles. The van der Waals surface area contributed by atoms with E-state index in [1.54, 1.807) is 28.1 Å². The van der Waals surface area contributed by atoms with Crippen LogP contribution >= 0.6 is 0 Å². The van der Waals surface area contributed by atoms with Gasteiger partial charge in [0.25, 0.3) is 0 Å². The summed E-state index contributed by atoms with van der Waals surface area (Å²) in [7, 11) is 3.35. The van der Waals surface area contributed by atoms with Crippen molar-refractivity contribution in [2.24, 2.45) is 0 Å². The number of hydrogen-bond donors (Lipinski definition) is 0. The van der Waals surface area contributed by atoms with Crippen LogP contribution in [0.2, 0.25) is 0 Å². The molecule has 0 saturated heterocycles. The van der Waals surface area contributed by atoms with Crippen LogP contribution in [0.3, 0.4) is 0 Å². The summed E-state index contributed by atoms with van der Waals surface area (Å²) >= 11 is -0.205. The standard InChI is InChI=1S/C16H14IN4O.C10H10N4.C8H10O.CH4.CH3.Na/c1-11-18-20-16(21-19-11)12-3-5-13(6-4-12)17-14-7-9-15(22-2)10-8-14;1-7-3-5-9(6-4-7)10-13-11-8(2)12-14-10;1-7-3-5-8(9-2)6-4-7;;;/h3-10H,1-2H3;3-6H,1-2H3;3-6H,1-2H3;1H4;1H3;/q-1;;;;-1;+1. The van der Waals surface area contributed by atoms with E-state index in [1.807, 2.05) is 79.7 Å². The van der Waals surface area contributed by atoms with Crippen LogP contribution in [0.1, 0.15) is 30.2 Å². The molecule has 6 aromatic rings. The molecule has 0 aliphatic rings. The molecular weight excluding hydrogens is 726 g/mol. The fourth-order valence-electron chi connectivity index (χ4n) is 3.59. The number of methoxy groups -OCH3 is 2. The maximum atomic E-state index is 5.18. The van der Waals surface area contributed by atoms with Crippen molar-refractivity contribution in [3.05, 3.63) is 134 Å². The van der Waals surface area contributed by atoms with E-state index in [0.717, 1.165) is 22.6 Å². The minimum absolute atomic E-state index is 0. The maximum Gasteiger partial charge on any atom is 1.00 e. The van der Waals surface area contributed by atoms with Gasteiger partial charge in [-0.1, -0.05) is 55.0 Å². The Hall–Kier alpha value is -3.91. The second kappa shape index (κ2) is 21.9. The van der Waals surface area contributed by atoms with Crippen LogP contribution in [0.25, 0.3) is 22.8 Å². The molecular formula is C36H41IN8NaO2-. The first-order valence-corrected chi connectivity index (χ1v) is 16.1. The number of halogens is 1. The predicted molar refractivity (Wildman–Crippen MR) is 182 cm³/mol. The zero-order valence-corrected chi connectivity index (χ0v) is 32.2. The molecule has 246 valence electrons. The summed E-state index contributed by atoms with van der Waals surface area (Å²) in [4.78, 5) is 0. The molecule has 6 rings (SSSR count). The Morgan fingerprint density at radius 1 is 0.438 bits per heavy atom. The Morgan fingerprint density at radius 2 is 0.729 bits per heavy atom. The Bertz CT molecular complexity index is 1700. The maximum absolute atomic E-state index is 5.18. The number of nitrogens with zero attached hydrogens (tertiary/aromatic N) is 8. The minimum Gasteiger partial charge on any atom is -0.358 e. The van der Waals surface area contributed by atoms with Crippen molar-refractivity contribution in [1.29, 1.82) is 0 Å². The summed E-state index contributed by atoms with van der Waals surface area (Å²) in [6, 6.07) is 32.4. The first kappa shape index (κ1) is 42.1. The molecule has 10 nitrogen and oxygen atoms in total. The molecule has 0 amide bonds. The van der Waals surface area contributed by atoms with Crippen molar-refractivity contribution in [1.82, 2.24) is 40.8 Å². The van der Waals surface area contributed by atoms with Crippen LogP contribution in [-0.2, 0) is 0 Å². The van der Waals surface area contributed by atoms with Gasteiger partial charge in [-0.2, -0.15) is 0 Å². The summed E-state index contributed by atoms with van der Waals surface area (Å²) in [6.07, 6.45) is 0. The zero-order chi connectivity index (χ0) is 32.0. The molecule has 2 heterocycles. The molecule has 0 bridgehead atoms. The fraction of sp³-hybridized carbons (Fsp3) is 0.194. The first-order valence-electron chi connectivity index (χ1n) is 14.0. The summed E-state index contributed by atoms with van der Waals surface area (Å²) in [6.45, 7) is 7.63. The summed E-state index contributed by atoms with van der Waals surface area (Å²) in [5.41, 5.74) is 4.34. The largest absolute Gasteiger partial charge is 1.00 e. The number of aryl methyl sites for hydroxylation is 4. The van der Waals surface area contributed by atoms with Crippen LogP contribution in [0, 0.1) is 42.3 Å². The van der Waals surface area contributed by atoms with Gasteiger partial charge in [-0.3, -0.25) is 0 Å². The Balaban J connectivity index is 0.000000383. The smallest absolute Gasteiger partial charge is 0.358 e. The van der Waals surface area contributed by atoms with Crippen molar-refractivity contribution in [2.45, 2.75) is 35.1 Å². The van der Waals surface area contributed by atoms with E-state index < -0.39 is 0 Å². The number of benzene rings is 4. The number of rotatable bonds is 6. The van der Waals surface area contributed by atoms with Gasteiger partial charge in [0.15, 0.2) is 5.82 Å². The van der Waals surface area contributed by atoms with E-state index in [2.05, 4.69) is 72.0 Å². The summed E-state index contributed by atoms with van der Waals surface area (Å²) in [5.74, 6) is 4.09. The molecule has 0 atom stereocenters. The quantitative estimate of drug-likeness (QED) is 0.138. The van der Waals surface area contributed by atoms with Gasteiger partial charge in [0.1, 0.15) is 5.75 Å². The molecule has 0 unspecified atom stereocenters. The summed E-state index contributed by atoms with van der Waals surface area (Å²) in [5, 5.41) is 31.6. The third-order valence-corrected chi connectivity index (χ3v) is 8.78. The van der Waals surface area contributed by atoms with Crippen molar-refractivity contribution in [2.75, 3.05) is 14.2 Å². The topological polar surface area (TPSA) is 122 Å². The van der Waals surface area contributed by atoms with Gasteiger partial charge in [0.2, 0.25) is 5.82 Å². The van der Waals surface area contributed by atoms with Crippen molar-refractivity contribution >= 4 is 0 Å². The fourth-order valence-corrected chi connectivity index (χ4v) is 5.75. The van der Waals surface area contributed by atoms with Crippen molar-refractivity contribution in [3.8, 4) is 34.3 Å². The van der Waals surface area contributed by atoms with Gasteiger partial charge >= 0.3 is 169 Å². The van der Waals surface area contributed by atoms with Crippen LogP contribution < -0.4 is 60.2 Å². The Morgan fingerprint density at radius 3 is 1.08 bits per heavy atom. The van der Waals surface area contributed by atoms with Gasteiger partial charge < -0.3 is 12.2 Å². The third kappa shape index (κ3) is 13.7. The molecule has 0 radical (unpaired) electrons. The molecule has 0 aliphatic carbocycles. The van der Waals surface area contributed by atoms with E-state index >= 15 is 0 Å². The SMILES string of the molecule is C.COc1ccc(C)cc1.COc1ccc([I-]c2ccc(-c3nnc(C)nn3)cc2)cc1.Cc1ccc(-c2nnc(C)nn2)cc1.[CH3-].[Na+]. The molecule has 4 aromatic carbocycles. The Labute approximate surface area is 316 Å². The third-order valence-electron chi connectivity index (χ3n) is 6.09. The van der Waals surface area contributed by atoms with E-state index in [9.17, 15) is 0 Å². The molecule has 0 fully saturated rings. The van der Waals surface area contributed by atoms with E-state index in [4.69, 9.17) is 9.47 Å². The second-order valence-electron chi connectivity index (χ2n) is 9.68. The van der Waals surface area contributed by atoms with Gasteiger partial charge in [-0.05, 0) is 32.9 Å². The number of hydrogen-bond acceptors (Lipinski definition) is 10. The zero-order valence-electron chi connectivity index (χ0n) is 28.0. The van der Waals surface area contributed by atoms with Crippen LogP contribution in [-0.4, -0.2) is 55.0 Å².